The molecule has 0 aliphatic carbocycles. The van der Waals surface area contributed by atoms with Crippen LogP contribution in [-0.4, -0.2) is 73.8 Å². The van der Waals surface area contributed by atoms with Crippen LogP contribution in [-0.2, 0) is 4.74 Å². The van der Waals surface area contributed by atoms with Gasteiger partial charge in [-0.15, -0.1) is 11.6 Å². The highest BCUT2D eigenvalue weighted by molar-refractivity contribution is 6.20. The maximum absolute atomic E-state index is 6.43. The van der Waals surface area contributed by atoms with Crippen LogP contribution in [0.4, 0.5) is 0 Å². The van der Waals surface area contributed by atoms with E-state index in [0.29, 0.717) is 6.04 Å². The van der Waals surface area contributed by atoms with Crippen molar-refractivity contribution in [3.05, 3.63) is 11.1 Å². The van der Waals surface area contributed by atoms with Gasteiger partial charge in [-0.3, -0.25) is 9.80 Å². The van der Waals surface area contributed by atoms with Crippen molar-refractivity contribution >= 4 is 11.6 Å². The minimum Gasteiger partial charge on any atom is -0.379 e. The topological polar surface area (TPSA) is 27.7 Å². The predicted octanol–water partition coefficient (Wildman–Crippen LogP) is 1.51. The summed E-state index contributed by atoms with van der Waals surface area (Å²) in [7, 11) is 0. The molecule has 116 valence electrons. The van der Waals surface area contributed by atoms with Crippen LogP contribution in [0.3, 0.4) is 0 Å². The van der Waals surface area contributed by atoms with E-state index in [2.05, 4.69) is 35.9 Å². The number of nitrogens with one attached hydrogen (secondary N) is 1. The first-order valence-electron chi connectivity index (χ1n) is 7.66. The van der Waals surface area contributed by atoms with E-state index in [4.69, 9.17) is 16.3 Å². The molecule has 20 heavy (non-hydrogen) atoms. The van der Waals surface area contributed by atoms with Gasteiger partial charge < -0.3 is 10.1 Å². The lowest BCUT2D eigenvalue weighted by Crippen LogP contribution is -2.51. The summed E-state index contributed by atoms with van der Waals surface area (Å²) in [5, 5.41) is 3.34. The molecule has 0 aromatic carbocycles. The number of piperazine rings is 1. The molecule has 0 radical (unpaired) electrons. The summed E-state index contributed by atoms with van der Waals surface area (Å²) >= 11 is 6.43. The fourth-order valence-corrected chi connectivity index (χ4v) is 3.28. The molecular weight excluding hydrogens is 274 g/mol. The number of morpholine rings is 1. The third kappa shape index (κ3) is 4.18. The second kappa shape index (κ2) is 7.76. The molecule has 2 fully saturated rings. The summed E-state index contributed by atoms with van der Waals surface area (Å²) in [4.78, 5) is 4.91. The Balaban J connectivity index is 2.01. The van der Waals surface area contributed by atoms with Gasteiger partial charge in [0.15, 0.2) is 0 Å². The fraction of sp³-hybridized carbons (Fsp3) is 0.867. The number of ether oxygens (including phenoxy) is 1. The van der Waals surface area contributed by atoms with Gasteiger partial charge in [-0.25, -0.2) is 0 Å². The molecule has 0 saturated carbocycles. The largest absolute Gasteiger partial charge is 0.379 e. The lowest BCUT2D eigenvalue weighted by Gasteiger charge is -2.38. The zero-order valence-electron chi connectivity index (χ0n) is 13.0. The minimum atomic E-state index is 0.106. The van der Waals surface area contributed by atoms with Gasteiger partial charge in [0.1, 0.15) is 0 Å². The summed E-state index contributed by atoms with van der Waals surface area (Å²) in [5.74, 6) is 0. The van der Waals surface area contributed by atoms with Crippen LogP contribution in [0.5, 0.6) is 0 Å². The predicted molar refractivity (Wildman–Crippen MR) is 84.3 cm³/mol. The average Bonchev–Trinajstić information content (AvgIpc) is 2.46. The molecule has 0 bridgehead atoms. The molecule has 2 atom stereocenters. The molecule has 1 N–H and O–H groups in total. The summed E-state index contributed by atoms with van der Waals surface area (Å²) < 4.78 is 5.46. The summed E-state index contributed by atoms with van der Waals surface area (Å²) in [5.41, 5.74) is 3.04. The van der Waals surface area contributed by atoms with Crippen LogP contribution < -0.4 is 5.32 Å². The van der Waals surface area contributed by atoms with Crippen molar-refractivity contribution in [2.45, 2.75) is 32.3 Å². The SMILES string of the molecule is CC(C)=C(CN1CCNCC1Cl)C(C)N1CCOCC1. The molecule has 2 unspecified atom stereocenters. The van der Waals surface area contributed by atoms with Crippen LogP contribution in [0.25, 0.3) is 0 Å². The van der Waals surface area contributed by atoms with Gasteiger partial charge in [-0.05, 0) is 26.3 Å². The summed E-state index contributed by atoms with van der Waals surface area (Å²) in [6.07, 6.45) is 0. The molecule has 5 heteroatoms. The van der Waals surface area contributed by atoms with Crippen LogP contribution >= 0.6 is 11.6 Å². The van der Waals surface area contributed by atoms with E-state index < -0.39 is 0 Å². The van der Waals surface area contributed by atoms with Crippen molar-refractivity contribution in [1.82, 2.24) is 15.1 Å². The van der Waals surface area contributed by atoms with Gasteiger partial charge in [0.25, 0.3) is 0 Å². The Morgan fingerprint density at radius 3 is 2.60 bits per heavy atom. The molecule has 2 heterocycles. The van der Waals surface area contributed by atoms with E-state index in [1.165, 1.54) is 11.1 Å². The molecule has 0 aromatic heterocycles. The monoisotopic (exact) mass is 301 g/mol. The third-order valence-electron chi connectivity index (χ3n) is 4.40. The van der Waals surface area contributed by atoms with E-state index in [-0.39, 0.29) is 5.50 Å². The molecule has 0 amide bonds. The Labute approximate surface area is 128 Å². The zero-order chi connectivity index (χ0) is 14.5. The first kappa shape index (κ1) is 16.2. The van der Waals surface area contributed by atoms with E-state index in [1.807, 2.05) is 0 Å². The van der Waals surface area contributed by atoms with E-state index in [9.17, 15) is 0 Å². The summed E-state index contributed by atoms with van der Waals surface area (Å²) in [6.45, 7) is 14.5. The Bertz CT molecular complexity index is 338. The number of hydrogen-bond donors (Lipinski definition) is 1. The maximum Gasteiger partial charge on any atom is 0.0979 e. The standard InChI is InChI=1S/C15H28ClN3O/c1-12(2)14(11-19-5-4-17-10-15(19)16)13(3)18-6-8-20-9-7-18/h13,15,17H,4-11H2,1-3H3. The van der Waals surface area contributed by atoms with Crippen molar-refractivity contribution in [1.29, 1.82) is 0 Å². The third-order valence-corrected chi connectivity index (χ3v) is 4.83. The highest BCUT2D eigenvalue weighted by Gasteiger charge is 2.26. The van der Waals surface area contributed by atoms with Crippen molar-refractivity contribution in [2.75, 3.05) is 52.5 Å². The second-order valence-corrected chi connectivity index (χ2v) is 6.46. The van der Waals surface area contributed by atoms with Gasteiger partial charge in [0.05, 0.1) is 18.7 Å². The highest BCUT2D eigenvalue weighted by Crippen LogP contribution is 2.20. The summed E-state index contributed by atoms with van der Waals surface area (Å²) in [6, 6.07) is 0.475. The highest BCUT2D eigenvalue weighted by atomic mass is 35.5. The zero-order valence-corrected chi connectivity index (χ0v) is 13.7. The number of alkyl halides is 1. The van der Waals surface area contributed by atoms with Crippen molar-refractivity contribution in [3.8, 4) is 0 Å². The van der Waals surface area contributed by atoms with Gasteiger partial charge in [0.2, 0.25) is 0 Å². The van der Waals surface area contributed by atoms with E-state index in [1.54, 1.807) is 0 Å². The van der Waals surface area contributed by atoms with Crippen LogP contribution in [0.15, 0.2) is 11.1 Å². The number of halogens is 1. The first-order chi connectivity index (χ1) is 9.59. The Morgan fingerprint density at radius 1 is 1.30 bits per heavy atom. The molecule has 4 nitrogen and oxygen atoms in total. The van der Waals surface area contributed by atoms with Crippen molar-refractivity contribution in [2.24, 2.45) is 0 Å². The van der Waals surface area contributed by atoms with Gasteiger partial charge in [-0.1, -0.05) is 5.57 Å². The Hall–Kier alpha value is -0.130. The fourth-order valence-electron chi connectivity index (χ4n) is 3.00. The van der Waals surface area contributed by atoms with Gasteiger partial charge in [-0.2, -0.15) is 0 Å². The lowest BCUT2D eigenvalue weighted by atomic mass is 10.0. The molecular formula is C15H28ClN3O. The molecule has 0 spiro atoms. The van der Waals surface area contributed by atoms with Crippen molar-refractivity contribution in [3.63, 3.8) is 0 Å². The number of rotatable bonds is 4. The maximum atomic E-state index is 6.43. The van der Waals surface area contributed by atoms with Crippen LogP contribution in [0.1, 0.15) is 20.8 Å². The number of nitrogens with zero attached hydrogens (tertiary/aromatic N) is 2. The second-order valence-electron chi connectivity index (χ2n) is 5.96. The normalized spacial score (nSPS) is 27.3. The molecule has 2 saturated heterocycles. The molecule has 2 aliphatic heterocycles. The molecule has 0 aromatic rings. The van der Waals surface area contributed by atoms with Gasteiger partial charge in [0, 0.05) is 45.3 Å². The average molecular weight is 302 g/mol. The van der Waals surface area contributed by atoms with Crippen LogP contribution in [0, 0.1) is 0 Å². The first-order valence-corrected chi connectivity index (χ1v) is 8.10. The molecule has 2 aliphatic rings. The van der Waals surface area contributed by atoms with E-state index >= 15 is 0 Å². The minimum absolute atomic E-state index is 0.106. The van der Waals surface area contributed by atoms with Gasteiger partial charge >= 0.3 is 0 Å². The Morgan fingerprint density at radius 2 is 2.00 bits per heavy atom. The smallest absolute Gasteiger partial charge is 0.0979 e. The Kier molecular flexibility index (Phi) is 6.30. The van der Waals surface area contributed by atoms with Crippen molar-refractivity contribution < 1.29 is 4.74 Å². The number of allylic oxidation sites excluding steroid dienone is 1. The lowest BCUT2D eigenvalue weighted by molar-refractivity contribution is 0.0251. The molecule has 2 rings (SSSR count). The van der Waals surface area contributed by atoms with E-state index in [0.717, 1.165) is 52.5 Å². The quantitative estimate of drug-likeness (QED) is 0.484. The van der Waals surface area contributed by atoms with Crippen LogP contribution in [0.2, 0.25) is 0 Å². The number of hydrogen-bond acceptors (Lipinski definition) is 4.